The topological polar surface area (TPSA) is 121 Å². The van der Waals surface area contributed by atoms with Gasteiger partial charge in [0.1, 0.15) is 18.0 Å². The third-order valence-corrected chi connectivity index (χ3v) is 8.09. The average molecular weight is 533 g/mol. The molecule has 1 saturated carbocycles. The Bertz CT molecular complexity index is 1420. The normalized spacial score (nSPS) is 24.0. The van der Waals surface area contributed by atoms with Crippen LogP contribution < -0.4 is 14.8 Å². The summed E-state index contributed by atoms with van der Waals surface area (Å²) in [5.74, 6) is 0.0665. The zero-order chi connectivity index (χ0) is 27.1. The number of fused-ring (bicyclic) bond motifs is 4. The van der Waals surface area contributed by atoms with Crippen molar-refractivity contribution < 1.29 is 33.7 Å². The monoisotopic (exact) mass is 532 g/mol. The van der Waals surface area contributed by atoms with Crippen LogP contribution >= 0.6 is 0 Å². The first kappa shape index (κ1) is 25.5. The summed E-state index contributed by atoms with van der Waals surface area (Å²) in [7, 11) is 1.55. The van der Waals surface area contributed by atoms with Gasteiger partial charge in [-0.15, -0.1) is 0 Å². The molecule has 1 aromatic heterocycles. The second kappa shape index (κ2) is 10.4. The number of aliphatic hydroxyl groups is 2. The molecule has 0 radical (unpaired) electrons. The van der Waals surface area contributed by atoms with Crippen LogP contribution in [0.25, 0.3) is 11.0 Å². The maximum absolute atomic E-state index is 14.2. The number of nitrogens with zero attached hydrogens (tertiary/aromatic N) is 1. The first-order valence-electron chi connectivity index (χ1n) is 13.5. The number of amides is 2. The van der Waals surface area contributed by atoms with E-state index in [1.54, 1.807) is 30.2 Å². The highest BCUT2D eigenvalue weighted by Gasteiger charge is 2.51. The van der Waals surface area contributed by atoms with E-state index in [9.17, 15) is 19.8 Å². The van der Waals surface area contributed by atoms with E-state index in [1.165, 1.54) is 0 Å². The van der Waals surface area contributed by atoms with Crippen LogP contribution in [-0.4, -0.2) is 71.5 Å². The van der Waals surface area contributed by atoms with Gasteiger partial charge in [-0.05, 0) is 37.1 Å². The van der Waals surface area contributed by atoms with Gasteiger partial charge in [0.2, 0.25) is 5.91 Å². The number of carbonyl (C=O) groups excluding carboxylic acids is 2. The fourth-order valence-electron chi connectivity index (χ4n) is 6.32. The van der Waals surface area contributed by atoms with E-state index >= 15 is 0 Å². The first-order valence-corrected chi connectivity index (χ1v) is 13.5. The molecule has 2 aromatic carbocycles. The maximum atomic E-state index is 14.2. The fraction of sp³-hybridized carbons (Fsp3) is 0.400. The molecule has 2 aliphatic carbocycles. The highest BCUT2D eigenvalue weighted by Crippen LogP contribution is 2.48. The summed E-state index contributed by atoms with van der Waals surface area (Å²) in [6, 6.07) is 13.6. The summed E-state index contributed by atoms with van der Waals surface area (Å²) < 4.78 is 17.7. The molecular formula is C30H32N2O7. The number of hydrogen-bond donors (Lipinski definition) is 3. The van der Waals surface area contributed by atoms with Crippen LogP contribution in [0.3, 0.4) is 0 Å². The fourth-order valence-corrected chi connectivity index (χ4v) is 6.32. The predicted molar refractivity (Wildman–Crippen MR) is 143 cm³/mol. The van der Waals surface area contributed by atoms with Crippen LogP contribution in [0.1, 0.15) is 47.7 Å². The number of methoxy groups -OCH3 is 1. The van der Waals surface area contributed by atoms with Gasteiger partial charge in [-0.25, -0.2) is 0 Å². The third-order valence-electron chi connectivity index (χ3n) is 8.09. The molecular weight excluding hydrogens is 500 g/mol. The van der Waals surface area contributed by atoms with Gasteiger partial charge in [0, 0.05) is 29.1 Å². The Morgan fingerprint density at radius 2 is 1.92 bits per heavy atom. The summed E-state index contributed by atoms with van der Waals surface area (Å²) in [4.78, 5) is 29.2. The largest absolute Gasteiger partial charge is 0.493 e. The van der Waals surface area contributed by atoms with Crippen LogP contribution in [-0.2, 0) is 4.79 Å². The van der Waals surface area contributed by atoms with Crippen molar-refractivity contribution in [2.24, 2.45) is 0 Å². The van der Waals surface area contributed by atoms with E-state index in [2.05, 4.69) is 5.32 Å². The number of ether oxygens (including phenoxy) is 2. The van der Waals surface area contributed by atoms with Crippen molar-refractivity contribution in [1.29, 1.82) is 0 Å². The Morgan fingerprint density at radius 1 is 1.13 bits per heavy atom. The molecule has 1 fully saturated rings. The zero-order valence-electron chi connectivity index (χ0n) is 21.7. The Hall–Kier alpha value is -3.82. The second-order valence-electron chi connectivity index (χ2n) is 10.3. The molecule has 9 nitrogen and oxygen atoms in total. The molecule has 9 heteroatoms. The lowest BCUT2D eigenvalue weighted by Crippen LogP contribution is -2.58. The smallest absolute Gasteiger partial charge is 0.290 e. The number of carbonyl (C=O) groups is 2. The van der Waals surface area contributed by atoms with Crippen LogP contribution in [0.2, 0.25) is 0 Å². The summed E-state index contributed by atoms with van der Waals surface area (Å²) in [5, 5.41) is 24.5. The summed E-state index contributed by atoms with van der Waals surface area (Å²) in [5.41, 5.74) is 1.71. The molecule has 39 heavy (non-hydrogen) atoms. The molecule has 3 aromatic rings. The standard InChI is InChI=1S/C30H32N2O7/c1-37-23-12-6-7-17-15-24(39-27(17)23)30(36)32(18-8-2-3-9-18)21-16-20(29(35)31-13-14-33)25-19-10-4-5-11-22(19)38-28(25)26(21)34/h4-7,10-12,15-16,18,21,25-26,28,33-34H,2-3,8-9,13-14H2,1H3,(H,31,35)/t21-,25+,26+,28+/m1/s1. The van der Waals surface area contributed by atoms with Crippen LogP contribution in [0.15, 0.2) is 64.6 Å². The molecule has 2 heterocycles. The Balaban J connectivity index is 1.43. The summed E-state index contributed by atoms with van der Waals surface area (Å²) in [6.45, 7) is -0.107. The molecule has 3 aliphatic rings. The minimum atomic E-state index is -1.08. The quantitative estimate of drug-likeness (QED) is 0.427. The van der Waals surface area contributed by atoms with Crippen molar-refractivity contribution in [3.8, 4) is 11.5 Å². The molecule has 0 bridgehead atoms. The lowest BCUT2D eigenvalue weighted by atomic mass is 9.77. The van der Waals surface area contributed by atoms with E-state index in [1.807, 2.05) is 36.4 Å². The number of nitrogens with one attached hydrogen (secondary N) is 1. The van der Waals surface area contributed by atoms with Crippen LogP contribution in [0, 0.1) is 0 Å². The van der Waals surface area contributed by atoms with Gasteiger partial charge in [-0.2, -0.15) is 0 Å². The number of furan rings is 1. The highest BCUT2D eigenvalue weighted by atomic mass is 16.5. The summed E-state index contributed by atoms with van der Waals surface area (Å²) in [6.07, 6.45) is 3.38. The number of benzene rings is 2. The number of aliphatic hydroxyl groups excluding tert-OH is 2. The predicted octanol–water partition coefficient (Wildman–Crippen LogP) is 3.15. The molecule has 0 unspecified atom stereocenters. The van der Waals surface area contributed by atoms with Gasteiger partial charge < -0.3 is 34.3 Å². The maximum Gasteiger partial charge on any atom is 0.290 e. The average Bonchev–Trinajstić information content (AvgIpc) is 3.71. The first-order chi connectivity index (χ1) is 19.0. The lowest BCUT2D eigenvalue weighted by molar-refractivity contribution is -0.118. The zero-order valence-corrected chi connectivity index (χ0v) is 21.7. The van der Waals surface area contributed by atoms with Crippen molar-refractivity contribution in [3.63, 3.8) is 0 Å². The van der Waals surface area contributed by atoms with E-state index in [0.717, 1.165) is 36.6 Å². The van der Waals surface area contributed by atoms with Gasteiger partial charge in [-0.1, -0.05) is 43.2 Å². The minimum absolute atomic E-state index is 0.0926. The molecule has 1 aliphatic heterocycles. The Labute approximate surface area is 226 Å². The van der Waals surface area contributed by atoms with Crippen molar-refractivity contribution >= 4 is 22.8 Å². The number of hydrogen-bond acceptors (Lipinski definition) is 7. The van der Waals surface area contributed by atoms with Gasteiger partial charge in [0.15, 0.2) is 17.1 Å². The molecule has 0 spiro atoms. The molecule has 4 atom stereocenters. The van der Waals surface area contributed by atoms with E-state index in [0.29, 0.717) is 22.7 Å². The minimum Gasteiger partial charge on any atom is -0.493 e. The number of rotatable bonds is 7. The SMILES string of the molecule is COc1cccc2cc(C(=O)N(C3CCCC3)[C@@H]3C=C(C(=O)NCCO)[C@@H]4c5ccccc5O[C@@H]4[C@H]3O)oc12. The van der Waals surface area contributed by atoms with Crippen LogP contribution in [0.5, 0.6) is 11.5 Å². The molecule has 6 rings (SSSR count). The van der Waals surface area contributed by atoms with Gasteiger partial charge in [-0.3, -0.25) is 9.59 Å². The van der Waals surface area contributed by atoms with Crippen molar-refractivity contribution in [2.45, 2.75) is 55.9 Å². The van der Waals surface area contributed by atoms with E-state index in [-0.39, 0.29) is 36.8 Å². The van der Waals surface area contributed by atoms with Crippen LogP contribution in [0.4, 0.5) is 0 Å². The molecule has 2 amide bonds. The Kier molecular flexibility index (Phi) is 6.78. The van der Waals surface area contributed by atoms with Gasteiger partial charge in [0.25, 0.3) is 5.91 Å². The molecule has 3 N–H and O–H groups in total. The van der Waals surface area contributed by atoms with E-state index < -0.39 is 24.2 Å². The van der Waals surface area contributed by atoms with Gasteiger partial charge >= 0.3 is 0 Å². The Morgan fingerprint density at radius 3 is 2.69 bits per heavy atom. The van der Waals surface area contributed by atoms with E-state index in [4.69, 9.17) is 13.9 Å². The lowest BCUT2D eigenvalue weighted by Gasteiger charge is -2.42. The van der Waals surface area contributed by atoms with Crippen molar-refractivity contribution in [1.82, 2.24) is 10.2 Å². The van der Waals surface area contributed by atoms with Gasteiger partial charge in [0.05, 0.1) is 25.7 Å². The number of para-hydroxylation sites is 2. The third kappa shape index (κ3) is 4.35. The molecule has 0 saturated heterocycles. The molecule has 204 valence electrons. The van der Waals surface area contributed by atoms with Crippen molar-refractivity contribution in [2.75, 3.05) is 20.3 Å². The highest BCUT2D eigenvalue weighted by molar-refractivity contribution is 5.99. The second-order valence-corrected chi connectivity index (χ2v) is 10.3. The van der Waals surface area contributed by atoms with Crippen molar-refractivity contribution in [3.05, 3.63) is 71.5 Å². The summed E-state index contributed by atoms with van der Waals surface area (Å²) >= 11 is 0.